The third kappa shape index (κ3) is 10.1. The third-order valence-electron chi connectivity index (χ3n) is 6.09. The largest absolute Gasteiger partial charge is 0.463 e. The van der Waals surface area contributed by atoms with Crippen LogP contribution in [0.1, 0.15) is 41.5 Å². The molecule has 4 unspecified atom stereocenters. The van der Waals surface area contributed by atoms with Gasteiger partial charge in [-0.25, -0.2) is 4.79 Å². The van der Waals surface area contributed by atoms with Crippen molar-refractivity contribution in [2.75, 3.05) is 13.2 Å². The molecule has 0 saturated carbocycles. The van der Waals surface area contributed by atoms with Crippen molar-refractivity contribution in [3.63, 3.8) is 0 Å². The lowest BCUT2D eigenvalue weighted by Gasteiger charge is -2.48. The number of carbonyl (C=O) groups excluding carboxylic acids is 4. The summed E-state index contributed by atoms with van der Waals surface area (Å²) in [6.07, 6.45) is -9.42. The minimum absolute atomic E-state index is 0.313. The van der Waals surface area contributed by atoms with Gasteiger partial charge in [-0.15, -0.1) is 0 Å². The number of esters is 3. The molecule has 0 aromatic rings. The Balaban J connectivity index is 2.45. The molecular weight excluding hydrogens is 589 g/mol. The molecule has 0 aliphatic carbocycles. The Morgan fingerprint density at radius 1 is 0.846 bits per heavy atom. The molecule has 2 fully saturated rings. The highest BCUT2D eigenvalue weighted by atomic mass is 35.6. The number of rotatable bonds is 8. The fourth-order valence-corrected chi connectivity index (χ4v) is 4.50. The van der Waals surface area contributed by atoms with Gasteiger partial charge >= 0.3 is 24.0 Å². The van der Waals surface area contributed by atoms with Crippen molar-refractivity contribution in [2.45, 2.75) is 100 Å². The van der Waals surface area contributed by atoms with Crippen LogP contribution < -0.4 is 5.32 Å². The number of amides is 1. The van der Waals surface area contributed by atoms with Gasteiger partial charge in [0.2, 0.25) is 3.79 Å². The lowest BCUT2D eigenvalue weighted by atomic mass is 9.90. The van der Waals surface area contributed by atoms with E-state index < -0.39 is 95.4 Å². The Labute approximate surface area is 240 Å². The normalized spacial score (nSPS) is 34.9. The van der Waals surface area contributed by atoms with E-state index in [0.717, 1.165) is 6.92 Å². The highest BCUT2D eigenvalue weighted by Crippen LogP contribution is 2.34. The predicted octanol–water partition coefficient (Wildman–Crippen LogP) is 1.79. The van der Waals surface area contributed by atoms with Gasteiger partial charge in [0, 0.05) is 26.7 Å². The number of aliphatic hydroxyl groups is 1. The van der Waals surface area contributed by atoms with Crippen LogP contribution >= 0.6 is 34.8 Å². The Morgan fingerprint density at radius 3 is 1.97 bits per heavy atom. The summed E-state index contributed by atoms with van der Waals surface area (Å²) in [6, 6.07) is -1.06. The van der Waals surface area contributed by atoms with Crippen molar-refractivity contribution < 1.29 is 57.4 Å². The van der Waals surface area contributed by atoms with Gasteiger partial charge in [0.15, 0.2) is 18.5 Å². The van der Waals surface area contributed by atoms with Crippen molar-refractivity contribution in [3.05, 3.63) is 0 Å². The maximum absolute atomic E-state index is 12.6. The van der Waals surface area contributed by atoms with Crippen LogP contribution in [0.15, 0.2) is 0 Å². The van der Waals surface area contributed by atoms with E-state index in [1.807, 2.05) is 0 Å². The second-order valence-electron chi connectivity index (χ2n) is 9.35. The first-order chi connectivity index (χ1) is 18.0. The number of hydrogen-bond donors (Lipinski definition) is 2. The molecule has 0 aromatic carbocycles. The van der Waals surface area contributed by atoms with Gasteiger partial charge < -0.3 is 43.6 Å². The van der Waals surface area contributed by atoms with Crippen LogP contribution in [-0.4, -0.2) is 101 Å². The van der Waals surface area contributed by atoms with Gasteiger partial charge in [-0.2, -0.15) is 0 Å². The molecule has 1 amide bonds. The van der Waals surface area contributed by atoms with Crippen molar-refractivity contribution in [3.8, 4) is 0 Å². The Kier molecular flexibility index (Phi) is 12.3. The third-order valence-corrected chi connectivity index (χ3v) is 6.42. The maximum atomic E-state index is 12.6. The second kappa shape index (κ2) is 14.3. The summed E-state index contributed by atoms with van der Waals surface area (Å²) in [5.74, 6) is -2.61. The molecule has 2 heterocycles. The average Bonchev–Trinajstić information content (AvgIpc) is 2.80. The number of halogens is 3. The topological polar surface area (TPSA) is 165 Å². The number of alkyl carbamates (subject to hydrolysis) is 1. The summed E-state index contributed by atoms with van der Waals surface area (Å²) in [6.45, 7) is 7.48. The molecular formula is C23H34Cl3NO12. The molecule has 16 heteroatoms. The van der Waals surface area contributed by atoms with Crippen LogP contribution in [0.2, 0.25) is 0 Å². The van der Waals surface area contributed by atoms with E-state index in [2.05, 4.69) is 5.32 Å². The number of hydrogen-bond acceptors (Lipinski definition) is 12. The Hall–Kier alpha value is -1.61. The summed E-state index contributed by atoms with van der Waals surface area (Å²) in [4.78, 5) is 48.0. The lowest BCUT2D eigenvalue weighted by molar-refractivity contribution is -0.320. The molecule has 0 aromatic heterocycles. The monoisotopic (exact) mass is 621 g/mol. The number of carbonyl (C=O) groups is 4. The highest BCUT2D eigenvalue weighted by molar-refractivity contribution is 6.67. The lowest BCUT2D eigenvalue weighted by Crippen LogP contribution is -2.67. The summed E-state index contributed by atoms with van der Waals surface area (Å²) < 4.78 is 37.1. The number of nitrogens with one attached hydrogen (secondary N) is 1. The van der Waals surface area contributed by atoms with E-state index in [0.29, 0.717) is 0 Å². The molecule has 2 N–H and O–H groups in total. The summed E-state index contributed by atoms with van der Waals surface area (Å²) in [5, 5.41) is 13.1. The van der Waals surface area contributed by atoms with Crippen LogP contribution in [0.5, 0.6) is 0 Å². The van der Waals surface area contributed by atoms with E-state index in [9.17, 15) is 24.3 Å². The van der Waals surface area contributed by atoms with E-state index >= 15 is 0 Å². The molecule has 39 heavy (non-hydrogen) atoms. The van der Waals surface area contributed by atoms with Crippen molar-refractivity contribution >= 4 is 58.8 Å². The van der Waals surface area contributed by atoms with Crippen LogP contribution in [0, 0.1) is 5.92 Å². The molecule has 0 spiro atoms. The molecule has 2 saturated heterocycles. The van der Waals surface area contributed by atoms with Gasteiger partial charge in [-0.05, 0) is 13.8 Å². The quantitative estimate of drug-likeness (QED) is 0.229. The minimum Gasteiger partial charge on any atom is -0.463 e. The Morgan fingerprint density at radius 2 is 1.44 bits per heavy atom. The van der Waals surface area contributed by atoms with Crippen molar-refractivity contribution in [2.24, 2.45) is 5.92 Å². The van der Waals surface area contributed by atoms with E-state index in [4.69, 9.17) is 68.0 Å². The first-order valence-electron chi connectivity index (χ1n) is 12.1. The van der Waals surface area contributed by atoms with Gasteiger partial charge in [-0.1, -0.05) is 41.7 Å². The first kappa shape index (κ1) is 33.6. The summed E-state index contributed by atoms with van der Waals surface area (Å²) in [7, 11) is 0. The predicted molar refractivity (Wildman–Crippen MR) is 135 cm³/mol. The molecule has 2 rings (SSSR count). The van der Waals surface area contributed by atoms with Gasteiger partial charge in [0.05, 0.1) is 24.4 Å². The fourth-order valence-electron chi connectivity index (χ4n) is 4.33. The average molecular weight is 623 g/mol. The molecule has 13 nitrogen and oxygen atoms in total. The molecule has 224 valence electrons. The molecule has 0 bridgehead atoms. The van der Waals surface area contributed by atoms with E-state index in [-0.39, 0.29) is 6.61 Å². The number of aliphatic hydroxyl groups excluding tert-OH is 1. The van der Waals surface area contributed by atoms with Crippen molar-refractivity contribution in [1.29, 1.82) is 0 Å². The zero-order valence-electron chi connectivity index (χ0n) is 22.3. The molecule has 10 atom stereocenters. The van der Waals surface area contributed by atoms with Crippen molar-refractivity contribution in [1.82, 2.24) is 5.32 Å². The summed E-state index contributed by atoms with van der Waals surface area (Å²) >= 11 is 17.0. The SMILES string of the molecule is CC(=O)OCC1O[C@@H](C)C(NC(=O)OCC(Cl)(Cl)Cl)[C@@H](O[C@@H]2OC(C)[C@@H](O)[C@H](C)C2OC(C)=O)[C@H]1OC(C)=O. The number of ether oxygens (including phenoxy) is 7. The number of alkyl halides is 3. The highest BCUT2D eigenvalue weighted by Gasteiger charge is 2.52. The minimum atomic E-state index is -1.88. The van der Waals surface area contributed by atoms with Gasteiger partial charge in [0.25, 0.3) is 0 Å². The zero-order valence-corrected chi connectivity index (χ0v) is 24.5. The van der Waals surface area contributed by atoms with E-state index in [1.54, 1.807) is 20.8 Å². The fraction of sp³-hybridized carbons (Fsp3) is 0.826. The van der Waals surface area contributed by atoms with Crippen LogP contribution in [0.4, 0.5) is 4.79 Å². The van der Waals surface area contributed by atoms with Crippen LogP contribution in [0.25, 0.3) is 0 Å². The Bertz CT molecular complexity index is 887. The second-order valence-corrected chi connectivity index (χ2v) is 11.9. The maximum Gasteiger partial charge on any atom is 0.407 e. The molecule has 2 aliphatic heterocycles. The smallest absolute Gasteiger partial charge is 0.407 e. The van der Waals surface area contributed by atoms with Crippen LogP contribution in [0.3, 0.4) is 0 Å². The zero-order chi connectivity index (χ0) is 29.7. The first-order valence-corrected chi connectivity index (χ1v) is 13.3. The van der Waals surface area contributed by atoms with Gasteiger partial charge in [0.1, 0.15) is 25.4 Å². The van der Waals surface area contributed by atoms with Gasteiger partial charge in [-0.3, -0.25) is 14.4 Å². The standard InChI is InChI=1S/C23H34Cl3NO12/c1-9-17(31)11(3)36-21(18(9)37-13(5)29)39-20-16(27-22(32)34-8-23(24,25)26)10(2)35-15(7-33-12(4)28)19(20)38-14(6)30/h9-11,15-21,31H,7-8H2,1-6H3,(H,27,32)/t9-,10-,11?,15?,16?,17-,18?,19-,20+,21-/m0/s1. The summed E-state index contributed by atoms with van der Waals surface area (Å²) in [5.41, 5.74) is 0. The van der Waals surface area contributed by atoms with Crippen LogP contribution in [-0.2, 0) is 47.5 Å². The molecule has 2 aliphatic rings. The van der Waals surface area contributed by atoms with E-state index in [1.165, 1.54) is 13.8 Å². The molecule has 0 radical (unpaired) electrons.